The van der Waals surface area contributed by atoms with Crippen molar-refractivity contribution in [3.8, 4) is 0 Å². The smallest absolute Gasteiger partial charge is 0.338 e. The van der Waals surface area contributed by atoms with Gasteiger partial charge in [0.25, 0.3) is 0 Å². The van der Waals surface area contributed by atoms with E-state index < -0.39 is 5.97 Å². The normalized spacial score (nSPS) is 10.6. The number of nitrogens with zero attached hydrogens (tertiary/aromatic N) is 2. The molecule has 2 aromatic rings. The molecule has 2 rings (SSSR count). The van der Waals surface area contributed by atoms with Crippen molar-refractivity contribution in [1.82, 2.24) is 9.78 Å². The maximum Gasteiger partial charge on any atom is 0.338 e. The Bertz CT molecular complexity index is 660. The molecule has 20 heavy (non-hydrogen) atoms. The summed E-state index contributed by atoms with van der Waals surface area (Å²) in [6.45, 7) is 0. The number of hydrogen-bond donors (Lipinski definition) is 0. The van der Waals surface area contributed by atoms with E-state index in [1.807, 2.05) is 6.07 Å². The van der Waals surface area contributed by atoms with Crippen LogP contribution in [0.3, 0.4) is 0 Å². The van der Waals surface area contributed by atoms with Crippen molar-refractivity contribution in [2.45, 2.75) is 12.8 Å². The Labute approximate surface area is 116 Å². The second-order valence-electron chi connectivity index (χ2n) is 4.40. The minimum Gasteiger partial charge on any atom is -0.469 e. The zero-order valence-corrected chi connectivity index (χ0v) is 11.7. The van der Waals surface area contributed by atoms with Crippen LogP contribution in [0.5, 0.6) is 0 Å². The molecule has 1 aromatic heterocycles. The lowest BCUT2D eigenvalue weighted by atomic mass is 9.99. The number of carbonyl (C=O) groups excluding carboxylic acids is 2. The summed E-state index contributed by atoms with van der Waals surface area (Å²) in [6, 6.07) is 3.62. The molecule has 0 amide bonds. The summed E-state index contributed by atoms with van der Waals surface area (Å²) in [6.07, 6.45) is 2.40. The average molecular weight is 276 g/mol. The number of hydrogen-bond acceptors (Lipinski definition) is 5. The summed E-state index contributed by atoms with van der Waals surface area (Å²) in [5.41, 5.74) is 1.93. The molecule has 6 nitrogen and oxygen atoms in total. The summed E-state index contributed by atoms with van der Waals surface area (Å²) in [5.74, 6) is -0.740. The molecule has 0 radical (unpaired) electrons. The van der Waals surface area contributed by atoms with E-state index in [0.717, 1.165) is 16.5 Å². The molecule has 6 heteroatoms. The van der Waals surface area contributed by atoms with Gasteiger partial charge in [-0.05, 0) is 18.1 Å². The van der Waals surface area contributed by atoms with E-state index in [9.17, 15) is 9.59 Å². The number of aromatic nitrogens is 2. The first-order chi connectivity index (χ1) is 9.56. The number of aryl methyl sites for hydroxylation is 2. The first-order valence-electron chi connectivity index (χ1n) is 6.17. The van der Waals surface area contributed by atoms with E-state index in [0.29, 0.717) is 12.0 Å². The zero-order chi connectivity index (χ0) is 14.7. The van der Waals surface area contributed by atoms with Gasteiger partial charge in [0.05, 0.1) is 25.3 Å². The Morgan fingerprint density at radius 2 is 2.00 bits per heavy atom. The lowest BCUT2D eigenvalue weighted by Gasteiger charge is -2.08. The van der Waals surface area contributed by atoms with Crippen LogP contribution in [0.25, 0.3) is 10.9 Å². The highest BCUT2D eigenvalue weighted by Gasteiger charge is 2.18. The predicted molar refractivity (Wildman–Crippen MR) is 72.4 cm³/mol. The van der Waals surface area contributed by atoms with Crippen LogP contribution in [-0.4, -0.2) is 35.9 Å². The monoisotopic (exact) mass is 276 g/mol. The zero-order valence-electron chi connectivity index (χ0n) is 11.7. The maximum absolute atomic E-state index is 12.0. The molecule has 0 fully saturated rings. The maximum atomic E-state index is 12.0. The highest BCUT2D eigenvalue weighted by Crippen LogP contribution is 2.23. The standard InChI is InChI=1S/C14H16N2O4/c1-16-8-10-11(15-16)6-4-9(5-7-12(17)19-2)13(10)14(18)20-3/h4,6,8H,5,7H2,1-3H3. The molecule has 0 atom stereocenters. The van der Waals surface area contributed by atoms with Gasteiger partial charge in [-0.25, -0.2) is 4.79 Å². The summed E-state index contributed by atoms with van der Waals surface area (Å²) in [7, 11) is 4.46. The Hall–Kier alpha value is -2.37. The number of esters is 2. The van der Waals surface area contributed by atoms with Crippen LogP contribution in [-0.2, 0) is 27.7 Å². The molecule has 0 unspecified atom stereocenters. The molecule has 106 valence electrons. The minimum atomic E-state index is -0.427. The second-order valence-corrected chi connectivity index (χ2v) is 4.40. The predicted octanol–water partition coefficient (Wildman–Crippen LogP) is 1.47. The first kappa shape index (κ1) is 14.0. The van der Waals surface area contributed by atoms with Gasteiger partial charge in [0, 0.05) is 25.1 Å². The molecule has 0 aliphatic carbocycles. The topological polar surface area (TPSA) is 70.4 Å². The van der Waals surface area contributed by atoms with Crippen LogP contribution in [0.1, 0.15) is 22.3 Å². The van der Waals surface area contributed by atoms with Gasteiger partial charge in [-0.15, -0.1) is 0 Å². The van der Waals surface area contributed by atoms with Crippen molar-refractivity contribution in [1.29, 1.82) is 0 Å². The molecule has 0 aliphatic rings. The number of methoxy groups -OCH3 is 2. The molecule has 0 bridgehead atoms. The fraction of sp³-hybridized carbons (Fsp3) is 0.357. The molecular weight excluding hydrogens is 260 g/mol. The average Bonchev–Trinajstić information content (AvgIpc) is 2.83. The highest BCUT2D eigenvalue weighted by atomic mass is 16.5. The third-order valence-corrected chi connectivity index (χ3v) is 3.11. The fourth-order valence-electron chi connectivity index (χ4n) is 2.15. The van der Waals surface area contributed by atoms with E-state index in [2.05, 4.69) is 9.84 Å². The number of rotatable bonds is 4. The molecule has 1 heterocycles. The third-order valence-electron chi connectivity index (χ3n) is 3.11. The van der Waals surface area contributed by atoms with Crippen molar-refractivity contribution >= 4 is 22.8 Å². The van der Waals surface area contributed by atoms with Crippen LogP contribution in [0.15, 0.2) is 18.3 Å². The first-order valence-corrected chi connectivity index (χ1v) is 6.17. The van der Waals surface area contributed by atoms with E-state index >= 15 is 0 Å². The molecule has 0 spiro atoms. The van der Waals surface area contributed by atoms with Crippen LogP contribution < -0.4 is 0 Å². The van der Waals surface area contributed by atoms with Gasteiger partial charge in [-0.1, -0.05) is 6.07 Å². The van der Waals surface area contributed by atoms with E-state index in [1.54, 1.807) is 24.0 Å². The minimum absolute atomic E-state index is 0.215. The van der Waals surface area contributed by atoms with E-state index in [1.165, 1.54) is 14.2 Å². The van der Waals surface area contributed by atoms with Crippen LogP contribution in [0, 0.1) is 0 Å². The van der Waals surface area contributed by atoms with Gasteiger partial charge in [0.1, 0.15) is 0 Å². The Morgan fingerprint density at radius 1 is 1.25 bits per heavy atom. The van der Waals surface area contributed by atoms with Crippen molar-refractivity contribution in [3.05, 3.63) is 29.5 Å². The number of ether oxygens (including phenoxy) is 2. The molecule has 1 aromatic carbocycles. The lowest BCUT2D eigenvalue weighted by molar-refractivity contribution is -0.140. The van der Waals surface area contributed by atoms with Crippen molar-refractivity contribution < 1.29 is 19.1 Å². The number of carbonyl (C=O) groups is 2. The Balaban J connectivity index is 2.47. The molecule has 0 aliphatic heterocycles. The van der Waals surface area contributed by atoms with Crippen molar-refractivity contribution in [3.63, 3.8) is 0 Å². The van der Waals surface area contributed by atoms with Crippen LogP contribution in [0.2, 0.25) is 0 Å². The fourth-order valence-corrected chi connectivity index (χ4v) is 2.15. The number of fused-ring (bicyclic) bond motifs is 1. The summed E-state index contributed by atoms with van der Waals surface area (Å²) >= 11 is 0. The summed E-state index contributed by atoms with van der Waals surface area (Å²) in [5, 5.41) is 4.98. The lowest BCUT2D eigenvalue weighted by Crippen LogP contribution is -2.09. The largest absolute Gasteiger partial charge is 0.469 e. The number of benzene rings is 1. The van der Waals surface area contributed by atoms with Gasteiger partial charge in [-0.3, -0.25) is 9.48 Å². The van der Waals surface area contributed by atoms with E-state index in [-0.39, 0.29) is 12.4 Å². The van der Waals surface area contributed by atoms with Gasteiger partial charge < -0.3 is 9.47 Å². The summed E-state index contributed by atoms with van der Waals surface area (Å²) in [4.78, 5) is 23.2. The second kappa shape index (κ2) is 5.73. The Morgan fingerprint density at radius 3 is 2.65 bits per heavy atom. The third kappa shape index (κ3) is 2.64. The van der Waals surface area contributed by atoms with Gasteiger partial charge >= 0.3 is 11.9 Å². The molecule has 0 N–H and O–H groups in total. The van der Waals surface area contributed by atoms with Gasteiger partial charge in [0.15, 0.2) is 0 Å². The van der Waals surface area contributed by atoms with Crippen molar-refractivity contribution in [2.24, 2.45) is 7.05 Å². The highest BCUT2D eigenvalue weighted by molar-refractivity contribution is 6.04. The van der Waals surface area contributed by atoms with Crippen LogP contribution in [0.4, 0.5) is 0 Å². The molecule has 0 saturated heterocycles. The summed E-state index contributed by atoms with van der Waals surface area (Å²) < 4.78 is 11.1. The SMILES string of the molecule is COC(=O)CCc1ccc2nn(C)cc2c1C(=O)OC. The van der Waals surface area contributed by atoms with Crippen molar-refractivity contribution in [2.75, 3.05) is 14.2 Å². The Kier molecular flexibility index (Phi) is 4.02. The van der Waals surface area contributed by atoms with Gasteiger partial charge in [0.2, 0.25) is 0 Å². The molecular formula is C14H16N2O4. The quantitative estimate of drug-likeness (QED) is 0.791. The molecule has 0 saturated carbocycles. The van der Waals surface area contributed by atoms with E-state index in [4.69, 9.17) is 4.74 Å². The van der Waals surface area contributed by atoms with Crippen LogP contribution >= 0.6 is 0 Å². The van der Waals surface area contributed by atoms with Gasteiger partial charge in [-0.2, -0.15) is 5.10 Å².